The van der Waals surface area contributed by atoms with E-state index in [9.17, 15) is 9.59 Å². The van der Waals surface area contributed by atoms with E-state index < -0.39 is 5.54 Å². The van der Waals surface area contributed by atoms with E-state index in [1.54, 1.807) is 4.57 Å². The molecule has 0 spiro atoms. The molecule has 1 fully saturated rings. The van der Waals surface area contributed by atoms with Crippen LogP contribution in [0.5, 0.6) is 0 Å². The van der Waals surface area contributed by atoms with Gasteiger partial charge in [-0.2, -0.15) is 0 Å². The Hall–Kier alpha value is -1.28. The lowest BCUT2D eigenvalue weighted by atomic mass is 9.98. The van der Waals surface area contributed by atoms with Crippen molar-refractivity contribution in [3.63, 3.8) is 0 Å². The summed E-state index contributed by atoms with van der Waals surface area (Å²) in [5.41, 5.74) is 4.63. The molecule has 7 nitrogen and oxygen atoms in total. The first-order valence-electron chi connectivity index (χ1n) is 7.32. The molecule has 1 amide bonds. The van der Waals surface area contributed by atoms with E-state index in [0.29, 0.717) is 23.4 Å². The van der Waals surface area contributed by atoms with E-state index in [2.05, 4.69) is 15.5 Å². The Labute approximate surface area is 128 Å². The van der Waals surface area contributed by atoms with Crippen LogP contribution in [0.2, 0.25) is 0 Å². The number of thioether (sulfide) groups is 1. The number of amides is 1. The predicted molar refractivity (Wildman–Crippen MR) is 82.4 cm³/mol. The van der Waals surface area contributed by atoms with E-state index in [1.807, 2.05) is 13.8 Å². The van der Waals surface area contributed by atoms with Gasteiger partial charge < -0.3 is 11.1 Å². The maximum Gasteiger partial charge on any atom is 0.344 e. The SMILES string of the molecule is CCCNC(C)(CCSc1n[nH]c(=O)n1C1CC1)C(N)=O. The van der Waals surface area contributed by atoms with Gasteiger partial charge >= 0.3 is 5.69 Å². The van der Waals surface area contributed by atoms with Gasteiger partial charge in [0.05, 0.1) is 5.54 Å². The summed E-state index contributed by atoms with van der Waals surface area (Å²) < 4.78 is 1.71. The van der Waals surface area contributed by atoms with Crippen molar-refractivity contribution < 1.29 is 4.79 Å². The van der Waals surface area contributed by atoms with Crippen molar-refractivity contribution in [2.75, 3.05) is 12.3 Å². The molecule has 4 N–H and O–H groups in total. The number of nitrogens with two attached hydrogens (primary N) is 1. The highest BCUT2D eigenvalue weighted by atomic mass is 32.2. The number of hydrogen-bond donors (Lipinski definition) is 3. The third-order valence-electron chi connectivity index (χ3n) is 3.73. The van der Waals surface area contributed by atoms with Gasteiger partial charge in [-0.3, -0.25) is 9.36 Å². The van der Waals surface area contributed by atoms with Gasteiger partial charge in [-0.1, -0.05) is 18.7 Å². The van der Waals surface area contributed by atoms with Gasteiger partial charge in [-0.05, 0) is 39.2 Å². The van der Waals surface area contributed by atoms with Crippen LogP contribution in [0, 0.1) is 0 Å². The van der Waals surface area contributed by atoms with Crippen molar-refractivity contribution >= 4 is 17.7 Å². The second kappa shape index (κ2) is 6.65. The van der Waals surface area contributed by atoms with Crippen LogP contribution in [0.25, 0.3) is 0 Å². The van der Waals surface area contributed by atoms with Gasteiger partial charge in [-0.15, -0.1) is 5.10 Å². The molecule has 1 saturated carbocycles. The number of carbonyl (C=O) groups is 1. The Morgan fingerprint density at radius 2 is 2.33 bits per heavy atom. The number of H-pyrrole nitrogens is 1. The van der Waals surface area contributed by atoms with E-state index in [-0.39, 0.29) is 11.6 Å². The molecule has 2 rings (SSSR count). The lowest BCUT2D eigenvalue weighted by Gasteiger charge is -2.27. The fraction of sp³-hybridized carbons (Fsp3) is 0.769. The van der Waals surface area contributed by atoms with Crippen LogP contribution in [0.4, 0.5) is 0 Å². The van der Waals surface area contributed by atoms with E-state index in [1.165, 1.54) is 11.8 Å². The standard InChI is InChI=1S/C13H23N5O2S/c1-3-7-15-13(2,10(14)19)6-8-21-12-17-16-11(20)18(12)9-4-5-9/h9,15H,3-8H2,1-2H3,(H2,14,19)(H,16,20). The first-order chi connectivity index (χ1) is 9.98. The summed E-state index contributed by atoms with van der Waals surface area (Å²) in [7, 11) is 0. The predicted octanol–water partition coefficient (Wildman–Crippen LogP) is 0.632. The largest absolute Gasteiger partial charge is 0.368 e. The van der Waals surface area contributed by atoms with E-state index in [0.717, 1.165) is 25.8 Å². The average Bonchev–Trinajstić information content (AvgIpc) is 3.21. The third-order valence-corrected chi connectivity index (χ3v) is 4.68. The third kappa shape index (κ3) is 3.88. The molecule has 1 aliphatic rings. The summed E-state index contributed by atoms with van der Waals surface area (Å²) in [6, 6.07) is 0.291. The summed E-state index contributed by atoms with van der Waals surface area (Å²) in [6.45, 7) is 4.62. The number of primary amides is 1. The molecule has 1 aromatic rings. The van der Waals surface area contributed by atoms with Crippen molar-refractivity contribution in [3.8, 4) is 0 Å². The van der Waals surface area contributed by atoms with Gasteiger partial charge in [-0.25, -0.2) is 9.89 Å². The normalized spacial score (nSPS) is 17.6. The van der Waals surface area contributed by atoms with Crippen LogP contribution in [0.3, 0.4) is 0 Å². The second-order valence-corrected chi connectivity index (χ2v) is 6.70. The number of hydrogen-bond acceptors (Lipinski definition) is 5. The van der Waals surface area contributed by atoms with E-state index in [4.69, 9.17) is 5.73 Å². The van der Waals surface area contributed by atoms with Crippen LogP contribution in [0.15, 0.2) is 9.95 Å². The van der Waals surface area contributed by atoms with Gasteiger partial charge in [0.25, 0.3) is 0 Å². The number of aromatic amines is 1. The molecule has 8 heteroatoms. The zero-order valence-electron chi connectivity index (χ0n) is 12.5. The molecule has 0 bridgehead atoms. The average molecular weight is 313 g/mol. The summed E-state index contributed by atoms with van der Waals surface area (Å²) in [4.78, 5) is 23.3. The van der Waals surface area contributed by atoms with Crippen LogP contribution in [-0.2, 0) is 4.79 Å². The molecular weight excluding hydrogens is 290 g/mol. The van der Waals surface area contributed by atoms with Gasteiger partial charge in [0.15, 0.2) is 5.16 Å². The Morgan fingerprint density at radius 1 is 1.62 bits per heavy atom. The second-order valence-electron chi connectivity index (χ2n) is 5.63. The molecule has 1 aliphatic carbocycles. The monoisotopic (exact) mass is 313 g/mol. The molecule has 1 atom stereocenters. The van der Waals surface area contributed by atoms with Crippen LogP contribution < -0.4 is 16.7 Å². The van der Waals surface area contributed by atoms with Gasteiger partial charge in [0.2, 0.25) is 5.91 Å². The summed E-state index contributed by atoms with van der Waals surface area (Å²) in [6.07, 6.45) is 3.60. The number of rotatable bonds is 9. The molecule has 1 heterocycles. The maximum atomic E-state index is 11.7. The molecule has 118 valence electrons. The summed E-state index contributed by atoms with van der Waals surface area (Å²) in [5.74, 6) is 0.325. The first-order valence-corrected chi connectivity index (χ1v) is 8.31. The zero-order chi connectivity index (χ0) is 15.5. The van der Waals surface area contributed by atoms with Crippen LogP contribution >= 0.6 is 11.8 Å². The number of carbonyl (C=O) groups excluding carboxylic acids is 1. The molecule has 0 aliphatic heterocycles. The Bertz CT molecular complexity index is 551. The number of nitrogens with zero attached hydrogens (tertiary/aromatic N) is 2. The minimum Gasteiger partial charge on any atom is -0.368 e. The fourth-order valence-corrected chi connectivity index (χ4v) is 3.27. The fourth-order valence-electron chi connectivity index (χ4n) is 2.09. The Kier molecular flexibility index (Phi) is 5.10. The van der Waals surface area contributed by atoms with Crippen LogP contribution in [-0.4, -0.2) is 38.5 Å². The molecule has 0 saturated heterocycles. The van der Waals surface area contributed by atoms with Crippen molar-refractivity contribution in [2.45, 2.75) is 56.3 Å². The lowest BCUT2D eigenvalue weighted by molar-refractivity contribution is -0.123. The van der Waals surface area contributed by atoms with Crippen molar-refractivity contribution in [1.29, 1.82) is 0 Å². The molecule has 1 aromatic heterocycles. The highest BCUT2D eigenvalue weighted by molar-refractivity contribution is 7.99. The summed E-state index contributed by atoms with van der Waals surface area (Å²) in [5, 5.41) is 10.4. The van der Waals surface area contributed by atoms with Gasteiger partial charge in [0.1, 0.15) is 0 Å². The highest BCUT2D eigenvalue weighted by Crippen LogP contribution is 2.36. The highest BCUT2D eigenvalue weighted by Gasteiger charge is 2.31. The molecular formula is C13H23N5O2S. The van der Waals surface area contributed by atoms with Crippen molar-refractivity contribution in [1.82, 2.24) is 20.1 Å². The van der Waals surface area contributed by atoms with Gasteiger partial charge in [0, 0.05) is 11.8 Å². The lowest BCUT2D eigenvalue weighted by Crippen LogP contribution is -2.53. The van der Waals surface area contributed by atoms with Crippen molar-refractivity contribution in [2.24, 2.45) is 5.73 Å². The number of nitrogens with one attached hydrogen (secondary N) is 2. The Balaban J connectivity index is 1.93. The maximum absolute atomic E-state index is 11.7. The molecule has 21 heavy (non-hydrogen) atoms. The first kappa shape index (κ1) is 16.1. The minimum atomic E-state index is -0.718. The Morgan fingerprint density at radius 3 is 2.90 bits per heavy atom. The number of aromatic nitrogens is 3. The topological polar surface area (TPSA) is 106 Å². The minimum absolute atomic E-state index is 0.151. The smallest absolute Gasteiger partial charge is 0.344 e. The van der Waals surface area contributed by atoms with Crippen LogP contribution in [0.1, 0.15) is 45.6 Å². The van der Waals surface area contributed by atoms with E-state index >= 15 is 0 Å². The molecule has 0 aromatic carbocycles. The zero-order valence-corrected chi connectivity index (χ0v) is 13.3. The van der Waals surface area contributed by atoms with Crippen molar-refractivity contribution in [3.05, 3.63) is 10.5 Å². The molecule has 1 unspecified atom stereocenters. The molecule has 0 radical (unpaired) electrons. The quantitative estimate of drug-likeness (QED) is 0.580. The summed E-state index contributed by atoms with van der Waals surface area (Å²) >= 11 is 1.49.